The first-order chi connectivity index (χ1) is 12.4. The van der Waals surface area contributed by atoms with Crippen LogP contribution in [0.4, 0.5) is 0 Å². The molecule has 1 atom stereocenters. The van der Waals surface area contributed by atoms with Gasteiger partial charge in [-0.3, -0.25) is 9.59 Å². The third-order valence-electron chi connectivity index (χ3n) is 3.15. The lowest BCUT2D eigenvalue weighted by Gasteiger charge is -2.10. The summed E-state index contributed by atoms with van der Waals surface area (Å²) in [6.07, 6.45) is 1.44. The minimum absolute atomic E-state index is 0. The van der Waals surface area contributed by atoms with Gasteiger partial charge in [0.05, 0.1) is 6.61 Å². The lowest BCUT2D eigenvalue weighted by molar-refractivity contribution is -0.163. The van der Waals surface area contributed by atoms with Crippen molar-refractivity contribution in [2.24, 2.45) is 0 Å². The van der Waals surface area contributed by atoms with E-state index in [1.165, 1.54) is 21.0 Å². The normalized spacial score (nSPS) is 8.79. The maximum atomic E-state index is 11.5. The van der Waals surface area contributed by atoms with Crippen LogP contribution in [-0.2, 0) is 42.9 Å². The second-order valence-corrected chi connectivity index (χ2v) is 5.48. The average molecular weight is 505 g/mol. The minimum Gasteiger partial charge on any atom is -0.462 e. The van der Waals surface area contributed by atoms with Crippen LogP contribution in [0.3, 0.4) is 0 Å². The fourth-order valence-corrected chi connectivity index (χ4v) is 1.65. The Hall–Kier alpha value is -2.00. The molecule has 0 radical (unpaired) electrons. The summed E-state index contributed by atoms with van der Waals surface area (Å²) in [5.41, 5.74) is 0. The summed E-state index contributed by atoms with van der Waals surface area (Å²) >= 11 is 0. The number of ketones is 1. The van der Waals surface area contributed by atoms with Crippen molar-refractivity contribution in [3.8, 4) is 0 Å². The molecule has 34 heavy (non-hydrogen) atoms. The maximum absolute atomic E-state index is 11.5. The SMILES string of the molecule is C.C.C.C.C.C.C.C.COCC(=O)OCCOCCCCCC(=O)OCC(=O)OC(C)C(C)=O. The van der Waals surface area contributed by atoms with E-state index >= 15 is 0 Å². The van der Waals surface area contributed by atoms with Gasteiger partial charge in [0.25, 0.3) is 0 Å². The second kappa shape index (κ2) is 38.3. The molecule has 0 aliphatic heterocycles. The number of hydrogen-bond acceptors (Lipinski definition) is 9. The predicted molar refractivity (Wildman–Crippen MR) is 143 cm³/mol. The Morgan fingerprint density at radius 3 is 1.71 bits per heavy atom. The largest absolute Gasteiger partial charge is 0.462 e. The van der Waals surface area contributed by atoms with Gasteiger partial charge in [0.1, 0.15) is 13.2 Å². The van der Waals surface area contributed by atoms with E-state index in [2.05, 4.69) is 4.74 Å². The quantitative estimate of drug-likeness (QED) is 0.152. The van der Waals surface area contributed by atoms with Gasteiger partial charge in [-0.2, -0.15) is 0 Å². The molecule has 0 bridgehead atoms. The highest BCUT2D eigenvalue weighted by molar-refractivity contribution is 5.84. The first-order valence-electron chi connectivity index (χ1n) is 8.44. The van der Waals surface area contributed by atoms with Crippen molar-refractivity contribution in [3.63, 3.8) is 0 Å². The number of unbranched alkanes of at least 4 members (excludes halogenated alkanes) is 2. The summed E-state index contributed by atoms with van der Waals surface area (Å²) in [6.45, 7) is 3.15. The molecule has 0 fully saturated rings. The van der Waals surface area contributed by atoms with Gasteiger partial charge in [-0.25, -0.2) is 9.59 Å². The molecular formula is C25H60O9. The van der Waals surface area contributed by atoms with Crippen molar-refractivity contribution in [1.29, 1.82) is 0 Å². The standard InChI is InChI=1S/C17H28O9.8CH4/c1-13(18)14(2)26-17(21)12-25-15(19)7-5-4-6-8-23-9-10-24-16(20)11-22-3;;;;;;;;/h14H,4-12H2,1-3H3;8*1H4. The molecule has 214 valence electrons. The van der Waals surface area contributed by atoms with Crippen LogP contribution in [0.25, 0.3) is 0 Å². The van der Waals surface area contributed by atoms with E-state index < -0.39 is 30.6 Å². The monoisotopic (exact) mass is 504 g/mol. The smallest absolute Gasteiger partial charge is 0.344 e. The summed E-state index contributed by atoms with van der Waals surface area (Å²) in [4.78, 5) is 44.7. The molecule has 0 saturated heterocycles. The molecule has 0 aliphatic rings. The first kappa shape index (κ1) is 58.1. The molecule has 0 N–H and O–H groups in total. The van der Waals surface area contributed by atoms with Gasteiger partial charge in [-0.1, -0.05) is 65.8 Å². The Morgan fingerprint density at radius 2 is 1.21 bits per heavy atom. The van der Waals surface area contributed by atoms with Gasteiger partial charge < -0.3 is 23.7 Å². The summed E-state index contributed by atoms with van der Waals surface area (Å²) in [7, 11) is 1.41. The van der Waals surface area contributed by atoms with Crippen LogP contribution in [0.5, 0.6) is 0 Å². The number of Topliss-reactive ketones (excluding diaryl/α,β-unsaturated/α-hetero) is 1. The molecule has 9 heteroatoms. The van der Waals surface area contributed by atoms with Crippen LogP contribution in [0.2, 0.25) is 0 Å². The molecule has 0 saturated carbocycles. The summed E-state index contributed by atoms with van der Waals surface area (Å²) in [6, 6.07) is 0. The fourth-order valence-electron chi connectivity index (χ4n) is 1.65. The number of esters is 3. The maximum Gasteiger partial charge on any atom is 0.344 e. The van der Waals surface area contributed by atoms with Crippen LogP contribution in [-0.4, -0.2) is 69.9 Å². The molecule has 0 spiro atoms. The summed E-state index contributed by atoms with van der Waals surface area (Å²) in [5.74, 6) is -1.96. The zero-order valence-electron chi connectivity index (χ0n) is 15.6. The zero-order chi connectivity index (χ0) is 19.8. The molecule has 0 aliphatic carbocycles. The van der Waals surface area contributed by atoms with E-state index in [1.807, 2.05) is 0 Å². The number of hydrogen-bond donors (Lipinski definition) is 0. The van der Waals surface area contributed by atoms with Gasteiger partial charge in [0.15, 0.2) is 18.5 Å². The molecule has 1 unspecified atom stereocenters. The fraction of sp³-hybridized carbons (Fsp3) is 0.840. The van der Waals surface area contributed by atoms with E-state index in [1.54, 1.807) is 0 Å². The van der Waals surface area contributed by atoms with Crippen molar-refractivity contribution < 1.29 is 42.9 Å². The lowest BCUT2D eigenvalue weighted by Crippen LogP contribution is -2.25. The highest BCUT2D eigenvalue weighted by atomic mass is 16.6. The number of rotatable bonds is 15. The number of ether oxygens (including phenoxy) is 5. The summed E-state index contributed by atoms with van der Waals surface area (Å²) in [5, 5.41) is 0. The topological polar surface area (TPSA) is 114 Å². The molecule has 0 heterocycles. The van der Waals surface area contributed by atoms with Crippen molar-refractivity contribution in [2.45, 2.75) is 105 Å². The van der Waals surface area contributed by atoms with Gasteiger partial charge in [-0.05, 0) is 26.7 Å². The van der Waals surface area contributed by atoms with Gasteiger partial charge >= 0.3 is 17.9 Å². The van der Waals surface area contributed by atoms with Gasteiger partial charge in [-0.15, -0.1) is 0 Å². The van der Waals surface area contributed by atoms with E-state index in [-0.39, 0.29) is 84.8 Å². The van der Waals surface area contributed by atoms with Crippen molar-refractivity contribution in [1.82, 2.24) is 0 Å². The van der Waals surface area contributed by atoms with Crippen molar-refractivity contribution in [3.05, 3.63) is 0 Å². The number of carbonyl (C=O) groups excluding carboxylic acids is 4. The highest BCUT2D eigenvalue weighted by Crippen LogP contribution is 2.02. The van der Waals surface area contributed by atoms with E-state index in [0.717, 1.165) is 12.8 Å². The Balaban J connectivity index is -0.000000112. The summed E-state index contributed by atoms with van der Waals surface area (Å²) < 4.78 is 24.2. The van der Waals surface area contributed by atoms with Crippen LogP contribution in [0.1, 0.15) is 98.9 Å². The van der Waals surface area contributed by atoms with Crippen LogP contribution >= 0.6 is 0 Å². The molecule has 0 rings (SSSR count). The number of methoxy groups -OCH3 is 1. The third kappa shape index (κ3) is 37.3. The van der Waals surface area contributed by atoms with Crippen molar-refractivity contribution in [2.75, 3.05) is 40.1 Å². The average Bonchev–Trinajstić information content (AvgIpc) is 2.58. The Kier molecular flexibility index (Phi) is 65.4. The molecule has 0 aromatic carbocycles. The van der Waals surface area contributed by atoms with Gasteiger partial charge in [0, 0.05) is 20.1 Å². The predicted octanol–water partition coefficient (Wildman–Crippen LogP) is 5.91. The molecular weight excluding hydrogens is 444 g/mol. The van der Waals surface area contributed by atoms with Crippen LogP contribution < -0.4 is 0 Å². The third-order valence-corrected chi connectivity index (χ3v) is 3.15. The molecule has 0 amide bonds. The molecule has 0 aromatic rings. The Labute approximate surface area is 212 Å². The first-order valence-corrected chi connectivity index (χ1v) is 8.44. The van der Waals surface area contributed by atoms with E-state index in [0.29, 0.717) is 19.6 Å². The number of carbonyl (C=O) groups is 4. The zero-order valence-corrected chi connectivity index (χ0v) is 15.6. The van der Waals surface area contributed by atoms with E-state index in [9.17, 15) is 19.2 Å². The van der Waals surface area contributed by atoms with Crippen molar-refractivity contribution >= 4 is 23.7 Å². The minimum atomic E-state index is -0.843. The molecule has 9 nitrogen and oxygen atoms in total. The van der Waals surface area contributed by atoms with Gasteiger partial charge in [0.2, 0.25) is 0 Å². The Morgan fingerprint density at radius 1 is 0.647 bits per heavy atom. The van der Waals surface area contributed by atoms with Crippen LogP contribution in [0.15, 0.2) is 0 Å². The Bertz CT molecular complexity index is 452. The second-order valence-electron chi connectivity index (χ2n) is 5.48. The van der Waals surface area contributed by atoms with Crippen LogP contribution in [0, 0.1) is 0 Å². The molecule has 0 aromatic heterocycles. The van der Waals surface area contributed by atoms with E-state index in [4.69, 9.17) is 18.9 Å². The lowest BCUT2D eigenvalue weighted by atomic mass is 10.2. The highest BCUT2D eigenvalue weighted by Gasteiger charge is 2.15.